The standard InChI is InChI=1S/C11H18N4O2S/c1-7-6-15(4-3-5-17-7)10(16)8-9(12)14-11(13-2)18-8/h7H,3-6,12H2,1-2H3,(H,13,14). The lowest BCUT2D eigenvalue weighted by molar-refractivity contribution is 0.0566. The van der Waals surface area contributed by atoms with E-state index in [2.05, 4.69) is 10.3 Å². The monoisotopic (exact) mass is 270 g/mol. The number of ether oxygens (including phenoxy) is 1. The number of nitrogen functional groups attached to an aromatic ring is 1. The smallest absolute Gasteiger partial charge is 0.267 e. The van der Waals surface area contributed by atoms with Crippen molar-refractivity contribution in [2.75, 3.05) is 37.8 Å². The van der Waals surface area contributed by atoms with E-state index in [0.29, 0.717) is 35.5 Å². The number of aromatic nitrogens is 1. The number of thiazole rings is 1. The van der Waals surface area contributed by atoms with E-state index in [0.717, 1.165) is 6.42 Å². The first kappa shape index (κ1) is 13.1. The van der Waals surface area contributed by atoms with Crippen LogP contribution < -0.4 is 11.1 Å². The van der Waals surface area contributed by atoms with Crippen LogP contribution in [-0.2, 0) is 4.74 Å². The van der Waals surface area contributed by atoms with Gasteiger partial charge >= 0.3 is 0 Å². The van der Waals surface area contributed by atoms with Crippen molar-refractivity contribution in [1.82, 2.24) is 9.88 Å². The average Bonchev–Trinajstić information content (AvgIpc) is 2.59. The van der Waals surface area contributed by atoms with Gasteiger partial charge < -0.3 is 20.7 Å². The Hall–Kier alpha value is -1.34. The highest BCUT2D eigenvalue weighted by atomic mass is 32.1. The molecule has 3 N–H and O–H groups in total. The molecule has 1 aliphatic rings. The molecule has 1 atom stereocenters. The van der Waals surface area contributed by atoms with Crippen molar-refractivity contribution in [3.63, 3.8) is 0 Å². The lowest BCUT2D eigenvalue weighted by atomic mass is 10.3. The molecule has 7 heteroatoms. The van der Waals surface area contributed by atoms with Gasteiger partial charge in [-0.15, -0.1) is 0 Å². The summed E-state index contributed by atoms with van der Waals surface area (Å²) in [7, 11) is 1.76. The van der Waals surface area contributed by atoms with Gasteiger partial charge in [-0.05, 0) is 13.3 Å². The zero-order valence-corrected chi connectivity index (χ0v) is 11.4. The molecule has 2 heterocycles. The number of nitrogens with one attached hydrogen (secondary N) is 1. The van der Waals surface area contributed by atoms with Gasteiger partial charge in [0.1, 0.15) is 10.7 Å². The maximum absolute atomic E-state index is 12.4. The van der Waals surface area contributed by atoms with Gasteiger partial charge in [0.25, 0.3) is 5.91 Å². The molecule has 1 unspecified atom stereocenters. The van der Waals surface area contributed by atoms with E-state index in [-0.39, 0.29) is 12.0 Å². The number of nitrogens with two attached hydrogens (primary N) is 1. The minimum atomic E-state index is -0.0520. The summed E-state index contributed by atoms with van der Waals surface area (Å²) >= 11 is 1.29. The van der Waals surface area contributed by atoms with Crippen molar-refractivity contribution >= 4 is 28.2 Å². The Morgan fingerprint density at radius 1 is 1.67 bits per heavy atom. The predicted molar refractivity (Wildman–Crippen MR) is 72.0 cm³/mol. The highest BCUT2D eigenvalue weighted by Gasteiger charge is 2.25. The van der Waals surface area contributed by atoms with E-state index in [1.807, 2.05) is 6.92 Å². The fourth-order valence-corrected chi connectivity index (χ4v) is 2.72. The van der Waals surface area contributed by atoms with Gasteiger partial charge in [-0.25, -0.2) is 4.98 Å². The van der Waals surface area contributed by atoms with E-state index in [1.54, 1.807) is 11.9 Å². The molecule has 0 saturated carbocycles. The number of amides is 1. The van der Waals surface area contributed by atoms with Crippen LogP contribution in [0.4, 0.5) is 10.9 Å². The van der Waals surface area contributed by atoms with Gasteiger partial charge in [0.05, 0.1) is 6.10 Å². The Kier molecular flexibility index (Phi) is 4.03. The Morgan fingerprint density at radius 3 is 3.11 bits per heavy atom. The van der Waals surface area contributed by atoms with E-state index >= 15 is 0 Å². The van der Waals surface area contributed by atoms with Crippen LogP contribution in [0, 0.1) is 0 Å². The molecule has 100 valence electrons. The predicted octanol–water partition coefficient (Wildman–Crippen LogP) is 1.02. The molecule has 0 bridgehead atoms. The molecule has 6 nitrogen and oxygen atoms in total. The average molecular weight is 270 g/mol. The van der Waals surface area contributed by atoms with Gasteiger partial charge in [0.15, 0.2) is 5.13 Å². The number of rotatable bonds is 2. The van der Waals surface area contributed by atoms with Crippen LogP contribution in [-0.4, -0.2) is 48.6 Å². The van der Waals surface area contributed by atoms with Gasteiger partial charge in [-0.2, -0.15) is 0 Å². The summed E-state index contributed by atoms with van der Waals surface area (Å²) in [5, 5.41) is 3.56. The molecule has 0 aliphatic carbocycles. The summed E-state index contributed by atoms with van der Waals surface area (Å²) in [5.41, 5.74) is 5.78. The van der Waals surface area contributed by atoms with Crippen LogP contribution in [0.3, 0.4) is 0 Å². The molecule has 0 spiro atoms. The fourth-order valence-electron chi connectivity index (χ4n) is 1.91. The highest BCUT2D eigenvalue weighted by Crippen LogP contribution is 2.26. The van der Waals surface area contributed by atoms with E-state index in [1.165, 1.54) is 11.3 Å². The lowest BCUT2D eigenvalue weighted by Crippen LogP contribution is -2.35. The zero-order valence-electron chi connectivity index (χ0n) is 10.6. The van der Waals surface area contributed by atoms with Gasteiger partial charge in [-0.3, -0.25) is 4.79 Å². The van der Waals surface area contributed by atoms with Crippen LogP contribution in [0.25, 0.3) is 0 Å². The lowest BCUT2D eigenvalue weighted by Gasteiger charge is -2.21. The Morgan fingerprint density at radius 2 is 2.44 bits per heavy atom. The van der Waals surface area contributed by atoms with Crippen molar-refractivity contribution in [3.05, 3.63) is 4.88 Å². The second-order valence-electron chi connectivity index (χ2n) is 4.27. The molecule has 1 amide bonds. The summed E-state index contributed by atoms with van der Waals surface area (Å²) in [6.45, 7) is 3.98. The third-order valence-corrected chi connectivity index (χ3v) is 3.88. The third kappa shape index (κ3) is 2.73. The third-order valence-electron chi connectivity index (χ3n) is 2.80. The number of carbonyl (C=O) groups excluding carboxylic acids is 1. The number of nitrogens with zero attached hydrogens (tertiary/aromatic N) is 2. The summed E-state index contributed by atoms with van der Waals surface area (Å²) in [4.78, 5) is 18.8. The SMILES string of the molecule is CNc1nc(N)c(C(=O)N2CCCOC(C)C2)s1. The first-order valence-corrected chi connectivity index (χ1v) is 6.78. The van der Waals surface area contributed by atoms with Gasteiger partial charge in [-0.1, -0.05) is 11.3 Å². The maximum atomic E-state index is 12.4. The molecule has 0 aromatic carbocycles. The zero-order chi connectivity index (χ0) is 13.1. The Bertz CT molecular complexity index is 435. The normalized spacial score (nSPS) is 20.6. The molecule has 1 aliphatic heterocycles. The van der Waals surface area contributed by atoms with Crippen molar-refractivity contribution in [3.8, 4) is 0 Å². The number of hydrogen-bond donors (Lipinski definition) is 2. The number of hydrogen-bond acceptors (Lipinski definition) is 6. The fraction of sp³-hybridized carbons (Fsp3) is 0.636. The second kappa shape index (κ2) is 5.53. The Labute approximate surface area is 110 Å². The van der Waals surface area contributed by atoms with Gasteiger partial charge in [0.2, 0.25) is 0 Å². The minimum absolute atomic E-state index is 0.0520. The Balaban J connectivity index is 2.16. The quantitative estimate of drug-likeness (QED) is 0.838. The molecule has 1 aromatic heterocycles. The van der Waals surface area contributed by atoms with E-state index in [4.69, 9.17) is 10.5 Å². The van der Waals surface area contributed by atoms with E-state index < -0.39 is 0 Å². The molecular formula is C11H18N4O2S. The van der Waals surface area contributed by atoms with Crippen LogP contribution in [0.15, 0.2) is 0 Å². The first-order chi connectivity index (χ1) is 8.61. The molecule has 1 fully saturated rings. The number of anilines is 2. The molecule has 0 radical (unpaired) electrons. The summed E-state index contributed by atoms with van der Waals surface area (Å²) < 4.78 is 5.53. The largest absolute Gasteiger partial charge is 0.382 e. The molecule has 18 heavy (non-hydrogen) atoms. The van der Waals surface area contributed by atoms with Crippen LogP contribution >= 0.6 is 11.3 Å². The molecule has 1 saturated heterocycles. The van der Waals surface area contributed by atoms with E-state index in [9.17, 15) is 4.79 Å². The summed E-state index contributed by atoms with van der Waals surface area (Å²) in [5.74, 6) is 0.246. The van der Waals surface area contributed by atoms with Crippen LogP contribution in [0.5, 0.6) is 0 Å². The number of carbonyl (C=O) groups is 1. The topological polar surface area (TPSA) is 80.5 Å². The van der Waals surface area contributed by atoms with Crippen molar-refractivity contribution < 1.29 is 9.53 Å². The maximum Gasteiger partial charge on any atom is 0.267 e. The van der Waals surface area contributed by atoms with Crippen LogP contribution in [0.2, 0.25) is 0 Å². The summed E-state index contributed by atoms with van der Waals surface area (Å²) in [6, 6.07) is 0. The first-order valence-electron chi connectivity index (χ1n) is 5.96. The van der Waals surface area contributed by atoms with Gasteiger partial charge in [0, 0.05) is 26.7 Å². The molecular weight excluding hydrogens is 252 g/mol. The van der Waals surface area contributed by atoms with Crippen LogP contribution in [0.1, 0.15) is 23.0 Å². The highest BCUT2D eigenvalue weighted by molar-refractivity contribution is 7.18. The molecule has 2 rings (SSSR count). The second-order valence-corrected chi connectivity index (χ2v) is 5.27. The van der Waals surface area contributed by atoms with Crippen molar-refractivity contribution in [2.24, 2.45) is 0 Å². The van der Waals surface area contributed by atoms with Crippen molar-refractivity contribution in [1.29, 1.82) is 0 Å². The molecule has 1 aromatic rings. The van der Waals surface area contributed by atoms with Crippen molar-refractivity contribution in [2.45, 2.75) is 19.4 Å². The minimum Gasteiger partial charge on any atom is -0.382 e. The summed E-state index contributed by atoms with van der Waals surface area (Å²) in [6.07, 6.45) is 0.919.